The highest BCUT2D eigenvalue weighted by Gasteiger charge is 2.23. The zero-order chi connectivity index (χ0) is 29.2. The fraction of sp³-hybridized carbons (Fsp3) is 0.257. The number of benzene rings is 4. The summed E-state index contributed by atoms with van der Waals surface area (Å²) in [7, 11) is 0. The summed E-state index contributed by atoms with van der Waals surface area (Å²) in [6.07, 6.45) is 0. The predicted octanol–water partition coefficient (Wildman–Crippen LogP) is 9.77. The summed E-state index contributed by atoms with van der Waals surface area (Å²) in [5, 5.41) is 0. The lowest BCUT2D eigenvalue weighted by molar-refractivity contribution is 0.324. The van der Waals surface area contributed by atoms with E-state index >= 15 is 0 Å². The summed E-state index contributed by atoms with van der Waals surface area (Å²) in [6.45, 7) is 13.2. The molecule has 0 aromatic heterocycles. The Hall–Kier alpha value is -4.58. The minimum absolute atomic E-state index is 0.214. The second-order valence-corrected chi connectivity index (χ2v) is 10.0. The zero-order valence-corrected chi connectivity index (χ0v) is 24.7. The Kier molecular flexibility index (Phi) is 9.80. The van der Waals surface area contributed by atoms with Gasteiger partial charge in [-0.05, 0) is 73.5 Å². The van der Waals surface area contributed by atoms with Crippen LogP contribution in [0.1, 0.15) is 52.7 Å². The number of aliphatic imine (C=N–C) groups is 2. The molecule has 0 aliphatic rings. The Labute approximate surface area is 243 Å². The van der Waals surface area contributed by atoms with Gasteiger partial charge in [0.25, 0.3) is 0 Å². The molecule has 6 nitrogen and oxygen atoms in total. The van der Waals surface area contributed by atoms with Crippen molar-refractivity contribution >= 4 is 23.2 Å². The molecule has 6 heteroatoms. The number of nitrogens with zero attached hydrogens (tertiary/aromatic N) is 2. The first-order valence-corrected chi connectivity index (χ1v) is 13.9. The van der Waals surface area contributed by atoms with E-state index in [9.17, 15) is 0 Å². The summed E-state index contributed by atoms with van der Waals surface area (Å²) >= 11 is 0. The molecule has 0 aliphatic carbocycles. The molecule has 0 saturated heterocycles. The van der Waals surface area contributed by atoms with Gasteiger partial charge in [0.15, 0.2) is 11.8 Å². The van der Waals surface area contributed by atoms with E-state index in [0.717, 1.165) is 34.4 Å². The van der Waals surface area contributed by atoms with E-state index in [1.165, 1.54) is 11.1 Å². The largest absolute Gasteiger partial charge is 0.481 e. The lowest BCUT2D eigenvalue weighted by Gasteiger charge is -2.26. The highest BCUT2D eigenvalue weighted by Crippen LogP contribution is 2.35. The molecule has 4 aromatic rings. The van der Waals surface area contributed by atoms with E-state index in [2.05, 4.69) is 48.1 Å². The fourth-order valence-corrected chi connectivity index (χ4v) is 4.40. The van der Waals surface area contributed by atoms with Gasteiger partial charge in [0, 0.05) is 31.4 Å². The molecule has 212 valence electrons. The highest BCUT2D eigenvalue weighted by atomic mass is 16.5. The average Bonchev–Trinajstić information content (AvgIpc) is 2.94. The summed E-state index contributed by atoms with van der Waals surface area (Å²) < 4.78 is 23.1. The topological polar surface area (TPSA) is 61.6 Å². The van der Waals surface area contributed by atoms with Crippen molar-refractivity contribution in [3.05, 3.63) is 108 Å². The molecule has 0 bridgehead atoms. The first kappa shape index (κ1) is 29.4. The lowest BCUT2D eigenvalue weighted by atomic mass is 9.78. The van der Waals surface area contributed by atoms with Crippen molar-refractivity contribution in [3.8, 4) is 23.0 Å². The van der Waals surface area contributed by atoms with Crippen molar-refractivity contribution < 1.29 is 18.9 Å². The molecule has 0 N–H and O–H groups in total. The second-order valence-electron chi connectivity index (χ2n) is 10.0. The van der Waals surface area contributed by atoms with Crippen LogP contribution in [0.25, 0.3) is 0 Å². The Morgan fingerprint density at radius 1 is 0.561 bits per heavy atom. The van der Waals surface area contributed by atoms with E-state index in [0.29, 0.717) is 25.0 Å². The van der Waals surface area contributed by atoms with E-state index in [4.69, 9.17) is 18.9 Å². The van der Waals surface area contributed by atoms with Crippen LogP contribution in [-0.2, 0) is 14.9 Å². The van der Waals surface area contributed by atoms with Crippen molar-refractivity contribution in [1.29, 1.82) is 0 Å². The van der Waals surface area contributed by atoms with E-state index in [1.807, 2.05) is 100 Å². The summed E-state index contributed by atoms with van der Waals surface area (Å²) in [5.41, 5.74) is 3.72. The molecule has 41 heavy (non-hydrogen) atoms. The van der Waals surface area contributed by atoms with E-state index in [1.54, 1.807) is 0 Å². The van der Waals surface area contributed by atoms with Gasteiger partial charge in [-0.3, -0.25) is 0 Å². The van der Waals surface area contributed by atoms with Gasteiger partial charge in [0.1, 0.15) is 23.0 Å². The van der Waals surface area contributed by atoms with Crippen LogP contribution in [0.3, 0.4) is 0 Å². The van der Waals surface area contributed by atoms with E-state index in [-0.39, 0.29) is 5.41 Å². The van der Waals surface area contributed by atoms with Gasteiger partial charge < -0.3 is 18.9 Å². The van der Waals surface area contributed by atoms with Crippen molar-refractivity contribution in [1.82, 2.24) is 0 Å². The molecule has 0 aliphatic heterocycles. The van der Waals surface area contributed by atoms with Crippen LogP contribution in [-0.4, -0.2) is 25.0 Å². The van der Waals surface area contributed by atoms with Crippen LogP contribution in [0.2, 0.25) is 0 Å². The minimum atomic E-state index is -0.214. The zero-order valence-electron chi connectivity index (χ0n) is 24.7. The smallest absolute Gasteiger partial charge is 0.185 e. The van der Waals surface area contributed by atoms with Crippen molar-refractivity contribution in [3.63, 3.8) is 0 Å². The third-order valence-corrected chi connectivity index (χ3v) is 6.54. The average molecular weight is 551 g/mol. The van der Waals surface area contributed by atoms with Crippen LogP contribution >= 0.6 is 0 Å². The first-order valence-electron chi connectivity index (χ1n) is 13.9. The maximum atomic E-state index is 6.11. The number of rotatable bonds is 10. The number of hydrogen-bond donors (Lipinski definition) is 0. The summed E-state index contributed by atoms with van der Waals surface area (Å²) in [5.74, 6) is 4.23. The third-order valence-electron chi connectivity index (χ3n) is 6.54. The van der Waals surface area contributed by atoms with Crippen molar-refractivity contribution in [2.24, 2.45) is 9.98 Å². The lowest BCUT2D eigenvalue weighted by Crippen LogP contribution is -2.18. The van der Waals surface area contributed by atoms with Crippen LogP contribution < -0.4 is 9.47 Å². The molecular weight excluding hydrogens is 512 g/mol. The Balaban J connectivity index is 1.42. The molecule has 0 heterocycles. The third kappa shape index (κ3) is 8.21. The minimum Gasteiger partial charge on any atom is -0.481 e. The van der Waals surface area contributed by atoms with Crippen LogP contribution in [0.5, 0.6) is 23.0 Å². The monoisotopic (exact) mass is 550 g/mol. The standard InChI is InChI=1S/C35H38N2O4/c1-7-38-25(3)36-29-11-9-13-33(23-29)40-31-19-15-27(16-20-31)35(5,6)28-17-21-32(22-18-28)41-34-14-10-12-30(24-34)37-26(4)39-8-2/h9-24H,7-8H2,1-6H3. The molecule has 0 radical (unpaired) electrons. The fourth-order valence-electron chi connectivity index (χ4n) is 4.40. The van der Waals surface area contributed by atoms with Crippen LogP contribution in [0, 0.1) is 0 Å². The summed E-state index contributed by atoms with van der Waals surface area (Å²) in [6, 6.07) is 31.8. The Morgan fingerprint density at radius 2 is 0.951 bits per heavy atom. The SMILES string of the molecule is CCOC(C)=Nc1cccc(Oc2ccc(C(C)(C)c3ccc(Oc4cccc(N=C(C)OCC)c4)cc3)cc2)c1. The molecule has 0 unspecified atom stereocenters. The molecule has 0 spiro atoms. The van der Waals surface area contributed by atoms with Crippen molar-refractivity contribution in [2.75, 3.05) is 13.2 Å². The maximum Gasteiger partial charge on any atom is 0.185 e. The second kappa shape index (κ2) is 13.7. The van der Waals surface area contributed by atoms with Crippen LogP contribution in [0.15, 0.2) is 107 Å². The highest BCUT2D eigenvalue weighted by molar-refractivity contribution is 5.77. The van der Waals surface area contributed by atoms with Gasteiger partial charge in [-0.1, -0.05) is 50.2 Å². The van der Waals surface area contributed by atoms with E-state index < -0.39 is 0 Å². The molecule has 0 amide bonds. The van der Waals surface area contributed by atoms with Gasteiger partial charge in [0.05, 0.1) is 24.6 Å². The first-order chi connectivity index (χ1) is 19.8. The van der Waals surface area contributed by atoms with Crippen LogP contribution in [0.4, 0.5) is 11.4 Å². The molecule has 0 fully saturated rings. The molecule has 0 atom stereocenters. The maximum absolute atomic E-state index is 6.11. The number of hydrogen-bond acceptors (Lipinski definition) is 6. The van der Waals surface area contributed by atoms with Gasteiger partial charge >= 0.3 is 0 Å². The Bertz CT molecular complexity index is 1380. The molecule has 0 saturated carbocycles. The normalized spacial score (nSPS) is 12.1. The summed E-state index contributed by atoms with van der Waals surface area (Å²) in [4.78, 5) is 8.95. The van der Waals surface area contributed by atoms with Gasteiger partial charge in [-0.25, -0.2) is 9.98 Å². The quantitative estimate of drug-likeness (QED) is 0.146. The molecule has 4 aromatic carbocycles. The Morgan fingerprint density at radius 3 is 1.32 bits per heavy atom. The molecule has 4 rings (SSSR count). The van der Waals surface area contributed by atoms with Crippen molar-refractivity contribution in [2.45, 2.75) is 47.0 Å². The number of ether oxygens (including phenoxy) is 4. The van der Waals surface area contributed by atoms with Gasteiger partial charge in [-0.15, -0.1) is 0 Å². The predicted molar refractivity (Wildman–Crippen MR) is 167 cm³/mol. The molecular formula is C35H38N2O4. The van der Waals surface area contributed by atoms with Gasteiger partial charge in [-0.2, -0.15) is 0 Å². The van der Waals surface area contributed by atoms with Gasteiger partial charge in [0.2, 0.25) is 0 Å².